The number of rotatable bonds is 5. The summed E-state index contributed by atoms with van der Waals surface area (Å²) in [7, 11) is 0. The molecule has 0 saturated carbocycles. The first kappa shape index (κ1) is 23.0. The molecule has 4 heterocycles. The van der Waals surface area contributed by atoms with E-state index >= 15 is 0 Å². The van der Waals surface area contributed by atoms with E-state index < -0.39 is 0 Å². The van der Waals surface area contributed by atoms with Gasteiger partial charge in [0.25, 0.3) is 5.91 Å². The summed E-state index contributed by atoms with van der Waals surface area (Å²) in [6, 6.07) is 14.9. The Balaban J connectivity index is 1.18. The molecule has 0 bridgehead atoms. The third-order valence-electron chi connectivity index (χ3n) is 6.18. The van der Waals surface area contributed by atoms with Crippen LogP contribution < -0.4 is 10.2 Å². The molecule has 2 aromatic carbocycles. The molecular formula is C25H20Cl2N6O2S. The zero-order valence-corrected chi connectivity index (χ0v) is 21.3. The molecule has 3 aromatic heterocycles. The third kappa shape index (κ3) is 4.34. The molecule has 5 aromatic rings. The lowest BCUT2D eigenvalue weighted by Gasteiger charge is -2.34. The van der Waals surface area contributed by atoms with Crippen molar-refractivity contribution in [1.29, 1.82) is 0 Å². The summed E-state index contributed by atoms with van der Waals surface area (Å²) in [4.78, 5) is 26.6. The summed E-state index contributed by atoms with van der Waals surface area (Å²) in [5.41, 5.74) is 2.48. The van der Waals surface area contributed by atoms with Gasteiger partial charge in [-0.25, -0.2) is 4.98 Å². The van der Waals surface area contributed by atoms with Gasteiger partial charge in [-0.1, -0.05) is 46.6 Å². The number of benzene rings is 2. The van der Waals surface area contributed by atoms with Gasteiger partial charge < -0.3 is 19.6 Å². The van der Waals surface area contributed by atoms with Crippen LogP contribution in [0.25, 0.3) is 21.1 Å². The van der Waals surface area contributed by atoms with Gasteiger partial charge >= 0.3 is 0 Å². The highest BCUT2D eigenvalue weighted by Gasteiger charge is 2.28. The molecule has 1 amide bonds. The molecule has 0 atom stereocenters. The van der Waals surface area contributed by atoms with E-state index in [1.807, 2.05) is 47.8 Å². The van der Waals surface area contributed by atoms with E-state index in [0.29, 0.717) is 54.2 Å². The Hall–Kier alpha value is -3.40. The average molecular weight is 539 g/mol. The van der Waals surface area contributed by atoms with Crippen LogP contribution in [0.4, 0.5) is 11.8 Å². The molecule has 11 heteroatoms. The molecule has 0 aliphatic carbocycles. The number of anilines is 2. The Morgan fingerprint density at radius 2 is 1.86 bits per heavy atom. The number of nitrogens with zero attached hydrogens (tertiary/aromatic N) is 5. The molecule has 1 N–H and O–H groups in total. The van der Waals surface area contributed by atoms with Crippen LogP contribution in [0, 0.1) is 0 Å². The van der Waals surface area contributed by atoms with Gasteiger partial charge in [0.05, 0.1) is 15.6 Å². The molecule has 0 spiro atoms. The van der Waals surface area contributed by atoms with Crippen molar-refractivity contribution >= 4 is 73.3 Å². The first-order valence-electron chi connectivity index (χ1n) is 11.4. The maximum absolute atomic E-state index is 13.1. The van der Waals surface area contributed by atoms with Crippen LogP contribution in [-0.2, 0) is 6.54 Å². The molecule has 6 rings (SSSR count). The molecule has 0 unspecified atom stereocenters. The number of thiophene rings is 1. The van der Waals surface area contributed by atoms with Gasteiger partial charge in [-0.3, -0.25) is 4.79 Å². The number of halogens is 2. The van der Waals surface area contributed by atoms with Crippen molar-refractivity contribution in [1.82, 2.24) is 20.0 Å². The molecule has 8 nitrogen and oxygen atoms in total. The summed E-state index contributed by atoms with van der Waals surface area (Å²) in [6.45, 7) is 2.78. The number of amides is 1. The lowest BCUT2D eigenvalue weighted by molar-refractivity contribution is 0.0707. The molecule has 1 aliphatic rings. The number of fused-ring (bicyclic) bond motifs is 2. The van der Waals surface area contributed by atoms with Crippen LogP contribution in [0.5, 0.6) is 0 Å². The lowest BCUT2D eigenvalue weighted by atomic mass is 10.2. The fourth-order valence-corrected chi connectivity index (χ4v) is 5.53. The van der Waals surface area contributed by atoms with E-state index in [2.05, 4.69) is 15.4 Å². The number of piperazine rings is 1. The molecular weight excluding hydrogens is 519 g/mol. The summed E-state index contributed by atoms with van der Waals surface area (Å²) in [5.74, 6) is 1.51. The van der Waals surface area contributed by atoms with Gasteiger partial charge in [0.1, 0.15) is 11.3 Å². The first-order chi connectivity index (χ1) is 17.6. The van der Waals surface area contributed by atoms with Crippen molar-refractivity contribution in [3.63, 3.8) is 0 Å². The van der Waals surface area contributed by atoms with Crippen molar-refractivity contribution in [2.24, 2.45) is 0 Å². The monoisotopic (exact) mass is 538 g/mol. The van der Waals surface area contributed by atoms with E-state index in [4.69, 9.17) is 37.7 Å². The molecule has 36 heavy (non-hydrogen) atoms. The van der Waals surface area contributed by atoms with Crippen LogP contribution >= 0.6 is 34.5 Å². The van der Waals surface area contributed by atoms with Gasteiger partial charge in [-0.05, 0) is 41.3 Å². The Morgan fingerprint density at radius 3 is 2.69 bits per heavy atom. The third-order valence-corrected chi connectivity index (χ3v) is 7.68. The highest BCUT2D eigenvalue weighted by Crippen LogP contribution is 2.30. The van der Waals surface area contributed by atoms with Gasteiger partial charge in [0, 0.05) is 42.8 Å². The Kier molecular flexibility index (Phi) is 6.12. The summed E-state index contributed by atoms with van der Waals surface area (Å²) in [6.07, 6.45) is 0. The lowest BCUT2D eigenvalue weighted by Crippen LogP contribution is -2.49. The van der Waals surface area contributed by atoms with E-state index in [0.717, 1.165) is 27.0 Å². The van der Waals surface area contributed by atoms with Crippen molar-refractivity contribution in [3.05, 3.63) is 75.3 Å². The van der Waals surface area contributed by atoms with Crippen LogP contribution in [0.15, 0.2) is 58.4 Å². The van der Waals surface area contributed by atoms with Crippen LogP contribution in [0.3, 0.4) is 0 Å². The van der Waals surface area contributed by atoms with Crippen molar-refractivity contribution in [2.45, 2.75) is 6.54 Å². The van der Waals surface area contributed by atoms with Crippen molar-refractivity contribution < 1.29 is 9.32 Å². The zero-order valence-electron chi connectivity index (χ0n) is 18.9. The number of hydrogen-bond donors (Lipinski definition) is 1. The highest BCUT2D eigenvalue weighted by molar-refractivity contribution is 7.17. The summed E-state index contributed by atoms with van der Waals surface area (Å²) in [5, 5.41) is 11.4. The van der Waals surface area contributed by atoms with Gasteiger partial charge in [0.15, 0.2) is 0 Å². The van der Waals surface area contributed by atoms with E-state index in [-0.39, 0.29) is 11.7 Å². The molecule has 182 valence electrons. The standard InChI is InChI=1S/C25H20Cl2N6O2S/c26-16-6-5-15(18(27)13-16)14-28-23-22-20(7-12-36-22)29-25(30-23)33-10-8-32(9-11-33)24(34)21-17-3-1-2-4-19(17)31-35-21/h1-7,12-13H,8-11,14H2,(H,28,29,30). The van der Waals surface area contributed by atoms with Crippen molar-refractivity contribution in [2.75, 3.05) is 36.4 Å². The molecule has 0 radical (unpaired) electrons. The SMILES string of the molecule is O=C(c1onc2ccccc12)N1CCN(c2nc(NCc3ccc(Cl)cc3Cl)c3sccc3n2)CC1. The second kappa shape index (κ2) is 9.57. The van der Waals surface area contributed by atoms with E-state index in [9.17, 15) is 4.79 Å². The maximum atomic E-state index is 13.1. The normalized spacial score (nSPS) is 14.1. The quantitative estimate of drug-likeness (QED) is 0.306. The van der Waals surface area contributed by atoms with Gasteiger partial charge in [-0.15, -0.1) is 11.3 Å². The Bertz CT molecular complexity index is 1580. The zero-order chi connectivity index (χ0) is 24.6. The number of aromatic nitrogens is 3. The van der Waals surface area contributed by atoms with Crippen LogP contribution in [-0.4, -0.2) is 52.1 Å². The Labute approximate surface area is 220 Å². The summed E-state index contributed by atoms with van der Waals surface area (Å²) < 4.78 is 6.35. The van der Waals surface area contributed by atoms with Gasteiger partial charge in [-0.2, -0.15) is 4.98 Å². The Morgan fingerprint density at radius 1 is 1.03 bits per heavy atom. The minimum absolute atomic E-state index is 0.153. The smallest absolute Gasteiger partial charge is 0.293 e. The second-order valence-corrected chi connectivity index (χ2v) is 10.2. The fourth-order valence-electron chi connectivity index (χ4n) is 4.25. The highest BCUT2D eigenvalue weighted by atomic mass is 35.5. The predicted octanol–water partition coefficient (Wildman–Crippen LogP) is 5.71. The molecule has 1 aliphatic heterocycles. The molecule has 1 saturated heterocycles. The average Bonchev–Trinajstić information content (AvgIpc) is 3.55. The summed E-state index contributed by atoms with van der Waals surface area (Å²) >= 11 is 14.0. The van der Waals surface area contributed by atoms with Crippen LogP contribution in [0.2, 0.25) is 10.0 Å². The number of carbonyl (C=O) groups excluding carboxylic acids is 1. The van der Waals surface area contributed by atoms with E-state index in [1.54, 1.807) is 22.3 Å². The minimum atomic E-state index is -0.153. The maximum Gasteiger partial charge on any atom is 0.293 e. The van der Waals surface area contributed by atoms with Crippen molar-refractivity contribution in [3.8, 4) is 0 Å². The second-order valence-electron chi connectivity index (χ2n) is 8.40. The number of hydrogen-bond acceptors (Lipinski definition) is 8. The molecule has 1 fully saturated rings. The minimum Gasteiger partial charge on any atom is -0.365 e. The number of nitrogens with one attached hydrogen (secondary N) is 1. The predicted molar refractivity (Wildman–Crippen MR) is 143 cm³/mol. The number of carbonyl (C=O) groups is 1. The first-order valence-corrected chi connectivity index (χ1v) is 13.0. The van der Waals surface area contributed by atoms with E-state index in [1.165, 1.54) is 0 Å². The van der Waals surface area contributed by atoms with Crippen LogP contribution in [0.1, 0.15) is 16.1 Å². The largest absolute Gasteiger partial charge is 0.365 e. The fraction of sp³-hybridized carbons (Fsp3) is 0.200. The topological polar surface area (TPSA) is 87.4 Å². The van der Waals surface area contributed by atoms with Gasteiger partial charge in [0.2, 0.25) is 11.7 Å².